The van der Waals surface area contributed by atoms with E-state index in [9.17, 15) is 13.2 Å². The first-order chi connectivity index (χ1) is 13.6. The molecule has 3 fully saturated rings. The van der Waals surface area contributed by atoms with E-state index in [2.05, 4.69) is 12.2 Å². The monoisotopic (exact) mass is 390 g/mol. The second kappa shape index (κ2) is 9.05. The standard InChI is InChI=1S/C25H33F3/c26-23-15-22(16-24(27)25(23)28)21-13-11-20(12-14-21)19-9-7-18(8-10-19)6-5-17-3-1-2-4-17/h5-6,15-21H,1-4,7-14H2. The lowest BCUT2D eigenvalue weighted by Crippen LogP contribution is -2.25. The Bertz CT molecular complexity index is 650. The quantitative estimate of drug-likeness (QED) is 0.362. The van der Waals surface area contributed by atoms with Crippen LogP contribution in [0.4, 0.5) is 13.2 Å². The molecule has 0 nitrogen and oxygen atoms in total. The smallest absolute Gasteiger partial charge is 0.194 e. The van der Waals surface area contributed by atoms with Gasteiger partial charge in [-0.3, -0.25) is 0 Å². The van der Waals surface area contributed by atoms with E-state index in [0.717, 1.165) is 49.4 Å². The molecule has 0 bridgehead atoms. The largest absolute Gasteiger partial charge is 0.204 e. The van der Waals surface area contributed by atoms with Crippen molar-refractivity contribution >= 4 is 0 Å². The molecule has 28 heavy (non-hydrogen) atoms. The Morgan fingerprint density at radius 2 is 1.07 bits per heavy atom. The van der Waals surface area contributed by atoms with Gasteiger partial charge in [0.1, 0.15) is 0 Å². The van der Waals surface area contributed by atoms with Crippen LogP contribution in [-0.2, 0) is 0 Å². The number of halogens is 3. The van der Waals surface area contributed by atoms with Crippen LogP contribution in [0.2, 0.25) is 0 Å². The number of hydrogen-bond acceptors (Lipinski definition) is 0. The number of hydrogen-bond donors (Lipinski definition) is 0. The van der Waals surface area contributed by atoms with Crippen molar-refractivity contribution in [3.05, 3.63) is 47.3 Å². The van der Waals surface area contributed by atoms with Crippen LogP contribution >= 0.6 is 0 Å². The van der Waals surface area contributed by atoms with E-state index in [1.165, 1.54) is 63.5 Å². The molecule has 0 saturated heterocycles. The van der Waals surface area contributed by atoms with Crippen molar-refractivity contribution < 1.29 is 13.2 Å². The highest BCUT2D eigenvalue weighted by molar-refractivity contribution is 5.23. The second-order valence-electron chi connectivity index (χ2n) is 9.51. The van der Waals surface area contributed by atoms with Crippen LogP contribution in [0.25, 0.3) is 0 Å². The SMILES string of the molecule is Fc1cc(C2CCC(C3CCC(C=CC4CCCC4)CC3)CC2)cc(F)c1F. The van der Waals surface area contributed by atoms with E-state index in [1.807, 2.05) is 0 Å². The summed E-state index contributed by atoms with van der Waals surface area (Å²) < 4.78 is 40.3. The van der Waals surface area contributed by atoms with Crippen LogP contribution in [-0.4, -0.2) is 0 Å². The third-order valence-electron chi connectivity index (χ3n) is 7.79. The minimum atomic E-state index is -1.35. The minimum Gasteiger partial charge on any atom is -0.204 e. The Balaban J connectivity index is 1.24. The Morgan fingerprint density at radius 3 is 1.61 bits per heavy atom. The van der Waals surface area contributed by atoms with Gasteiger partial charge in [0.25, 0.3) is 0 Å². The van der Waals surface area contributed by atoms with E-state index in [4.69, 9.17) is 0 Å². The second-order valence-corrected chi connectivity index (χ2v) is 9.51. The van der Waals surface area contributed by atoms with Crippen LogP contribution in [0, 0.1) is 41.1 Å². The van der Waals surface area contributed by atoms with Gasteiger partial charge in [-0.25, -0.2) is 13.2 Å². The van der Waals surface area contributed by atoms with Gasteiger partial charge in [0.05, 0.1) is 0 Å². The van der Waals surface area contributed by atoms with Crippen LogP contribution < -0.4 is 0 Å². The highest BCUT2D eigenvalue weighted by Gasteiger charge is 2.31. The molecule has 3 aliphatic rings. The van der Waals surface area contributed by atoms with Gasteiger partial charge in [-0.1, -0.05) is 25.0 Å². The fourth-order valence-corrected chi connectivity index (χ4v) is 6.01. The first-order valence-electron chi connectivity index (χ1n) is 11.4. The third kappa shape index (κ3) is 4.66. The van der Waals surface area contributed by atoms with Crippen molar-refractivity contribution in [2.24, 2.45) is 23.7 Å². The maximum Gasteiger partial charge on any atom is 0.194 e. The van der Waals surface area contributed by atoms with E-state index < -0.39 is 17.5 Å². The van der Waals surface area contributed by atoms with Gasteiger partial charge in [-0.05, 0) is 111 Å². The Hall–Kier alpha value is -1.25. The molecule has 0 unspecified atom stereocenters. The molecule has 0 spiro atoms. The van der Waals surface area contributed by atoms with Crippen molar-refractivity contribution in [3.8, 4) is 0 Å². The summed E-state index contributed by atoms with van der Waals surface area (Å²) in [5.74, 6) is -0.0951. The van der Waals surface area contributed by atoms with E-state index >= 15 is 0 Å². The van der Waals surface area contributed by atoms with Crippen LogP contribution in [0.1, 0.15) is 88.5 Å². The number of rotatable bonds is 4. The molecule has 0 aromatic heterocycles. The zero-order valence-electron chi connectivity index (χ0n) is 16.8. The predicted octanol–water partition coefficient (Wildman–Crippen LogP) is 7.93. The summed E-state index contributed by atoms with van der Waals surface area (Å²) in [6.45, 7) is 0. The summed E-state index contributed by atoms with van der Waals surface area (Å²) in [5.41, 5.74) is 0.635. The Morgan fingerprint density at radius 1 is 0.607 bits per heavy atom. The molecule has 0 N–H and O–H groups in total. The Kier molecular flexibility index (Phi) is 6.48. The van der Waals surface area contributed by atoms with Gasteiger partial charge in [-0.2, -0.15) is 0 Å². The van der Waals surface area contributed by atoms with Gasteiger partial charge >= 0.3 is 0 Å². The first-order valence-corrected chi connectivity index (χ1v) is 11.4. The van der Waals surface area contributed by atoms with Crippen molar-refractivity contribution in [2.45, 2.75) is 83.0 Å². The Labute approximate surface area is 167 Å². The van der Waals surface area contributed by atoms with Gasteiger partial charge in [0.2, 0.25) is 0 Å². The van der Waals surface area contributed by atoms with Crippen molar-refractivity contribution in [1.82, 2.24) is 0 Å². The molecule has 3 saturated carbocycles. The van der Waals surface area contributed by atoms with Gasteiger partial charge in [0.15, 0.2) is 17.5 Å². The molecular formula is C25H33F3. The molecule has 0 radical (unpaired) electrons. The summed E-state index contributed by atoms with van der Waals surface area (Å²) in [7, 11) is 0. The highest BCUT2D eigenvalue weighted by Crippen LogP contribution is 2.44. The molecule has 154 valence electrons. The summed E-state index contributed by atoms with van der Waals surface area (Å²) in [6.07, 6.45) is 20.1. The van der Waals surface area contributed by atoms with Gasteiger partial charge in [-0.15, -0.1) is 0 Å². The van der Waals surface area contributed by atoms with E-state index in [0.29, 0.717) is 5.56 Å². The van der Waals surface area contributed by atoms with Crippen LogP contribution in [0.15, 0.2) is 24.3 Å². The lowest BCUT2D eigenvalue weighted by atomic mass is 9.68. The lowest BCUT2D eigenvalue weighted by Gasteiger charge is -2.37. The van der Waals surface area contributed by atoms with Crippen LogP contribution in [0.5, 0.6) is 0 Å². The molecule has 1 aromatic carbocycles. The van der Waals surface area contributed by atoms with Crippen molar-refractivity contribution in [2.75, 3.05) is 0 Å². The normalized spacial score (nSPS) is 32.2. The number of benzene rings is 1. The van der Waals surface area contributed by atoms with Crippen molar-refractivity contribution in [1.29, 1.82) is 0 Å². The van der Waals surface area contributed by atoms with Crippen molar-refractivity contribution in [3.63, 3.8) is 0 Å². The fraction of sp³-hybridized carbons (Fsp3) is 0.680. The summed E-state index contributed by atoms with van der Waals surface area (Å²) >= 11 is 0. The predicted molar refractivity (Wildman–Crippen MR) is 108 cm³/mol. The molecule has 0 aliphatic heterocycles. The summed E-state index contributed by atoms with van der Waals surface area (Å²) in [5, 5.41) is 0. The average molecular weight is 391 g/mol. The van der Waals surface area contributed by atoms with Gasteiger partial charge in [0, 0.05) is 0 Å². The maximum absolute atomic E-state index is 13.5. The van der Waals surface area contributed by atoms with Gasteiger partial charge < -0.3 is 0 Å². The molecule has 3 heteroatoms. The highest BCUT2D eigenvalue weighted by atomic mass is 19.2. The lowest BCUT2D eigenvalue weighted by molar-refractivity contribution is 0.171. The molecule has 0 atom stereocenters. The maximum atomic E-state index is 13.5. The van der Waals surface area contributed by atoms with Crippen LogP contribution in [0.3, 0.4) is 0 Å². The summed E-state index contributed by atoms with van der Waals surface area (Å²) in [4.78, 5) is 0. The number of allylic oxidation sites excluding steroid dienone is 2. The summed E-state index contributed by atoms with van der Waals surface area (Å²) in [6, 6.07) is 2.40. The molecule has 0 heterocycles. The average Bonchev–Trinajstić information content (AvgIpc) is 3.24. The van der Waals surface area contributed by atoms with E-state index in [-0.39, 0.29) is 5.92 Å². The molecular weight excluding hydrogens is 357 g/mol. The molecule has 3 aliphatic carbocycles. The third-order valence-corrected chi connectivity index (χ3v) is 7.79. The van der Waals surface area contributed by atoms with E-state index in [1.54, 1.807) is 0 Å². The fourth-order valence-electron chi connectivity index (χ4n) is 6.01. The minimum absolute atomic E-state index is 0.173. The molecule has 1 aromatic rings. The topological polar surface area (TPSA) is 0 Å². The molecule has 4 rings (SSSR count). The zero-order valence-corrected chi connectivity index (χ0v) is 16.8. The first kappa shape index (κ1) is 20.0. The zero-order chi connectivity index (χ0) is 19.5. The molecule has 0 amide bonds.